The molecule has 0 saturated carbocycles. The zero-order chi connectivity index (χ0) is 14.4. The Morgan fingerprint density at radius 1 is 1.10 bits per heavy atom. The van der Waals surface area contributed by atoms with E-state index >= 15 is 0 Å². The van der Waals surface area contributed by atoms with Crippen LogP contribution in [0.3, 0.4) is 0 Å². The predicted molar refractivity (Wildman–Crippen MR) is 71.0 cm³/mol. The SMILES string of the molecule is O=[N+]([O-])c1ccc(OC(O)OCc2ccccc2)cc1. The second-order valence-corrected chi connectivity index (χ2v) is 3.97. The maximum absolute atomic E-state index is 10.5. The summed E-state index contributed by atoms with van der Waals surface area (Å²) in [6.45, 7) is -1.23. The first-order valence-electron chi connectivity index (χ1n) is 5.90. The second-order valence-electron chi connectivity index (χ2n) is 3.97. The molecule has 0 aliphatic carbocycles. The summed E-state index contributed by atoms with van der Waals surface area (Å²) in [5.74, 6) is 0.288. The number of hydrogen-bond donors (Lipinski definition) is 1. The van der Waals surface area contributed by atoms with Gasteiger partial charge in [-0.25, -0.2) is 0 Å². The fourth-order valence-electron chi connectivity index (χ4n) is 1.54. The third-order valence-corrected chi connectivity index (χ3v) is 2.52. The Kier molecular flexibility index (Phi) is 4.65. The number of benzene rings is 2. The average Bonchev–Trinajstić information content (AvgIpc) is 2.47. The van der Waals surface area contributed by atoms with Gasteiger partial charge in [-0.3, -0.25) is 10.1 Å². The molecule has 0 aliphatic rings. The molecule has 6 heteroatoms. The molecule has 2 rings (SSSR count). The van der Waals surface area contributed by atoms with E-state index in [1.807, 2.05) is 30.3 Å². The van der Waals surface area contributed by atoms with Crippen molar-refractivity contribution in [3.63, 3.8) is 0 Å². The number of aliphatic hydroxyl groups is 1. The van der Waals surface area contributed by atoms with Crippen LogP contribution in [-0.4, -0.2) is 16.5 Å². The first kappa shape index (κ1) is 14.0. The molecule has 0 aliphatic heterocycles. The van der Waals surface area contributed by atoms with Gasteiger partial charge in [-0.1, -0.05) is 30.3 Å². The molecule has 0 saturated heterocycles. The highest BCUT2D eigenvalue weighted by Crippen LogP contribution is 2.18. The van der Waals surface area contributed by atoms with E-state index in [-0.39, 0.29) is 18.0 Å². The Labute approximate surface area is 115 Å². The molecule has 104 valence electrons. The first-order valence-corrected chi connectivity index (χ1v) is 5.90. The number of aliphatic hydroxyl groups excluding tert-OH is 1. The first-order chi connectivity index (χ1) is 9.65. The highest BCUT2D eigenvalue weighted by molar-refractivity contribution is 5.35. The van der Waals surface area contributed by atoms with Crippen molar-refractivity contribution in [1.82, 2.24) is 0 Å². The molecule has 2 aromatic rings. The van der Waals surface area contributed by atoms with Crippen molar-refractivity contribution < 1.29 is 19.5 Å². The quantitative estimate of drug-likeness (QED) is 0.497. The lowest BCUT2D eigenvalue weighted by atomic mass is 10.2. The Bertz CT molecular complexity index is 556. The number of ether oxygens (including phenoxy) is 2. The number of non-ortho nitro benzene ring substituents is 1. The van der Waals surface area contributed by atoms with Crippen LogP contribution in [0.5, 0.6) is 5.75 Å². The summed E-state index contributed by atoms with van der Waals surface area (Å²) in [7, 11) is 0. The summed E-state index contributed by atoms with van der Waals surface area (Å²) in [5, 5.41) is 20.0. The van der Waals surface area contributed by atoms with Gasteiger partial charge in [0.2, 0.25) is 0 Å². The maximum atomic E-state index is 10.5. The van der Waals surface area contributed by atoms with Crippen molar-refractivity contribution in [3.05, 3.63) is 70.3 Å². The van der Waals surface area contributed by atoms with E-state index in [2.05, 4.69) is 0 Å². The van der Waals surface area contributed by atoms with Gasteiger partial charge in [0.15, 0.2) is 0 Å². The monoisotopic (exact) mass is 275 g/mol. The van der Waals surface area contributed by atoms with E-state index < -0.39 is 11.4 Å². The normalized spacial score (nSPS) is 11.8. The third kappa shape index (κ3) is 4.04. The smallest absolute Gasteiger partial charge is 0.313 e. The highest BCUT2D eigenvalue weighted by Gasteiger charge is 2.09. The van der Waals surface area contributed by atoms with Crippen LogP contribution in [0.25, 0.3) is 0 Å². The lowest BCUT2D eigenvalue weighted by Gasteiger charge is -2.13. The van der Waals surface area contributed by atoms with Crippen LogP contribution in [0, 0.1) is 10.1 Å². The molecule has 2 aromatic carbocycles. The van der Waals surface area contributed by atoms with E-state index in [1.54, 1.807) is 0 Å². The van der Waals surface area contributed by atoms with Gasteiger partial charge in [-0.05, 0) is 17.7 Å². The van der Waals surface area contributed by atoms with Gasteiger partial charge in [-0.2, -0.15) is 0 Å². The van der Waals surface area contributed by atoms with Crippen LogP contribution in [0.2, 0.25) is 0 Å². The zero-order valence-corrected chi connectivity index (χ0v) is 10.5. The number of nitrogens with zero attached hydrogens (tertiary/aromatic N) is 1. The molecule has 6 nitrogen and oxygen atoms in total. The minimum atomic E-state index is -1.43. The molecule has 20 heavy (non-hydrogen) atoms. The number of nitro groups is 1. The Hall–Kier alpha value is -2.44. The molecule has 0 radical (unpaired) electrons. The number of hydrogen-bond acceptors (Lipinski definition) is 5. The fourth-order valence-corrected chi connectivity index (χ4v) is 1.54. The molecule has 0 fully saturated rings. The van der Waals surface area contributed by atoms with E-state index in [1.165, 1.54) is 24.3 Å². The molecular weight excluding hydrogens is 262 g/mol. The molecule has 0 heterocycles. The van der Waals surface area contributed by atoms with Crippen molar-refractivity contribution >= 4 is 5.69 Å². The van der Waals surface area contributed by atoms with Gasteiger partial charge in [0.05, 0.1) is 11.5 Å². The van der Waals surface area contributed by atoms with Crippen molar-refractivity contribution in [1.29, 1.82) is 0 Å². The summed E-state index contributed by atoms with van der Waals surface area (Å²) in [6.07, 6.45) is 0. The Morgan fingerprint density at radius 2 is 1.75 bits per heavy atom. The van der Waals surface area contributed by atoms with Crippen LogP contribution >= 0.6 is 0 Å². The lowest BCUT2D eigenvalue weighted by molar-refractivity contribution is -0.384. The van der Waals surface area contributed by atoms with Gasteiger partial charge in [0, 0.05) is 12.1 Å². The highest BCUT2D eigenvalue weighted by atomic mass is 16.8. The average molecular weight is 275 g/mol. The zero-order valence-electron chi connectivity index (χ0n) is 10.5. The molecule has 0 spiro atoms. The van der Waals surface area contributed by atoms with Crippen LogP contribution in [0.1, 0.15) is 5.56 Å². The molecule has 0 amide bonds. The third-order valence-electron chi connectivity index (χ3n) is 2.52. The van der Waals surface area contributed by atoms with Crippen molar-refractivity contribution in [3.8, 4) is 5.75 Å². The van der Waals surface area contributed by atoms with Crippen LogP contribution in [0.15, 0.2) is 54.6 Å². The molecular formula is C14H13NO5. The summed E-state index contributed by atoms with van der Waals surface area (Å²) in [4.78, 5) is 9.98. The van der Waals surface area contributed by atoms with E-state index in [9.17, 15) is 15.2 Å². The molecule has 0 aromatic heterocycles. The molecule has 1 N–H and O–H groups in total. The topological polar surface area (TPSA) is 81.8 Å². The van der Waals surface area contributed by atoms with Crippen molar-refractivity contribution in [2.75, 3.05) is 0 Å². The van der Waals surface area contributed by atoms with Gasteiger partial charge < -0.3 is 14.6 Å². The van der Waals surface area contributed by atoms with Crippen LogP contribution in [0.4, 0.5) is 5.69 Å². The van der Waals surface area contributed by atoms with E-state index in [4.69, 9.17) is 9.47 Å². The minimum Gasteiger partial charge on any atom is -0.441 e. The van der Waals surface area contributed by atoms with Gasteiger partial charge >= 0.3 is 6.48 Å². The summed E-state index contributed by atoms with van der Waals surface area (Å²) >= 11 is 0. The number of nitro benzene ring substituents is 1. The van der Waals surface area contributed by atoms with Gasteiger partial charge in [-0.15, -0.1) is 0 Å². The lowest BCUT2D eigenvalue weighted by Crippen LogP contribution is -2.19. The minimum absolute atomic E-state index is 0.0444. The van der Waals surface area contributed by atoms with Gasteiger partial charge in [0.25, 0.3) is 5.69 Å². The predicted octanol–water partition coefficient (Wildman–Crippen LogP) is 2.47. The van der Waals surface area contributed by atoms with E-state index in [0.717, 1.165) is 5.56 Å². The van der Waals surface area contributed by atoms with E-state index in [0.29, 0.717) is 0 Å². The summed E-state index contributed by atoms with van der Waals surface area (Å²) in [5.41, 5.74) is 0.857. The second kappa shape index (κ2) is 6.65. The summed E-state index contributed by atoms with van der Waals surface area (Å²) in [6, 6.07) is 14.7. The van der Waals surface area contributed by atoms with Gasteiger partial charge in [0.1, 0.15) is 5.75 Å². The molecule has 0 bridgehead atoms. The molecule has 1 atom stereocenters. The van der Waals surface area contributed by atoms with Crippen LogP contribution in [-0.2, 0) is 11.3 Å². The van der Waals surface area contributed by atoms with Crippen LogP contribution < -0.4 is 4.74 Å². The standard InChI is InChI=1S/C14H13NO5/c16-14(19-10-11-4-2-1-3-5-11)20-13-8-6-12(7-9-13)15(17)18/h1-9,14,16H,10H2. The number of rotatable bonds is 6. The Balaban J connectivity index is 1.85. The largest absolute Gasteiger partial charge is 0.441 e. The van der Waals surface area contributed by atoms with Crippen molar-refractivity contribution in [2.45, 2.75) is 13.1 Å². The maximum Gasteiger partial charge on any atom is 0.313 e. The van der Waals surface area contributed by atoms with Crippen molar-refractivity contribution in [2.24, 2.45) is 0 Å². The molecule has 1 unspecified atom stereocenters. The fraction of sp³-hybridized carbons (Fsp3) is 0.143. The summed E-state index contributed by atoms with van der Waals surface area (Å²) < 4.78 is 10.2. The Morgan fingerprint density at radius 3 is 2.35 bits per heavy atom.